The summed E-state index contributed by atoms with van der Waals surface area (Å²) in [5.41, 5.74) is 1.29. The number of carbonyl (C=O) groups excluding carboxylic acids is 1. The Morgan fingerprint density at radius 1 is 1.21 bits per heavy atom. The molecule has 2 aromatic carbocycles. The summed E-state index contributed by atoms with van der Waals surface area (Å²) < 4.78 is 23.7. The van der Waals surface area contributed by atoms with Crippen LogP contribution < -0.4 is 14.8 Å². The van der Waals surface area contributed by atoms with Gasteiger partial charge in [0, 0.05) is 17.2 Å². The van der Waals surface area contributed by atoms with E-state index < -0.39 is 17.8 Å². The maximum absolute atomic E-state index is 13.4. The van der Waals surface area contributed by atoms with E-state index in [9.17, 15) is 14.4 Å². The highest BCUT2D eigenvalue weighted by Crippen LogP contribution is 2.29. The van der Waals surface area contributed by atoms with E-state index in [0.29, 0.717) is 22.6 Å². The van der Waals surface area contributed by atoms with Gasteiger partial charge in [0.2, 0.25) is 0 Å². The highest BCUT2D eigenvalue weighted by molar-refractivity contribution is 5.96. The second-order valence-corrected chi connectivity index (χ2v) is 5.10. The van der Waals surface area contributed by atoms with Crippen molar-refractivity contribution in [2.24, 2.45) is 0 Å². The molecule has 0 aromatic heterocycles. The molecule has 24 heavy (non-hydrogen) atoms. The highest BCUT2D eigenvalue weighted by Gasteiger charge is 2.20. The number of nitrogens with one attached hydrogen (secondary N) is 1. The van der Waals surface area contributed by atoms with Crippen molar-refractivity contribution in [2.75, 3.05) is 14.2 Å². The zero-order valence-electron chi connectivity index (χ0n) is 13.6. The third-order valence-electron chi connectivity index (χ3n) is 3.60. The molecule has 0 radical (unpaired) electrons. The summed E-state index contributed by atoms with van der Waals surface area (Å²) in [4.78, 5) is 12.4. The van der Waals surface area contributed by atoms with Gasteiger partial charge in [-0.3, -0.25) is 4.79 Å². The first-order chi connectivity index (χ1) is 11.5. The molecule has 1 N–H and O–H groups in total. The normalized spacial score (nSPS) is 11.3. The molecular weight excluding hydrogens is 311 g/mol. The van der Waals surface area contributed by atoms with E-state index in [2.05, 4.69) is 5.32 Å². The summed E-state index contributed by atoms with van der Waals surface area (Å²) in [5, 5.41) is 12.0. The van der Waals surface area contributed by atoms with E-state index in [1.165, 1.54) is 26.4 Å². The number of hydrogen-bond donors (Lipinski definition) is 1. The van der Waals surface area contributed by atoms with Gasteiger partial charge in [0.25, 0.3) is 5.91 Å². The van der Waals surface area contributed by atoms with E-state index >= 15 is 0 Å². The van der Waals surface area contributed by atoms with E-state index in [0.717, 1.165) is 6.07 Å². The molecule has 2 aromatic rings. The number of halogens is 1. The molecule has 124 valence electrons. The molecule has 0 fully saturated rings. The van der Waals surface area contributed by atoms with Gasteiger partial charge in [-0.05, 0) is 36.8 Å². The molecule has 0 aliphatic heterocycles. The largest absolute Gasteiger partial charge is 0.497 e. The van der Waals surface area contributed by atoms with Gasteiger partial charge in [0.05, 0.1) is 20.3 Å². The number of nitrogens with zero attached hydrogens (tertiary/aromatic N) is 1. The second-order valence-electron chi connectivity index (χ2n) is 5.10. The number of benzene rings is 2. The van der Waals surface area contributed by atoms with Gasteiger partial charge >= 0.3 is 0 Å². The van der Waals surface area contributed by atoms with Crippen LogP contribution in [-0.4, -0.2) is 20.1 Å². The Morgan fingerprint density at radius 3 is 2.58 bits per heavy atom. The molecule has 0 aliphatic carbocycles. The maximum Gasteiger partial charge on any atom is 0.252 e. The van der Waals surface area contributed by atoms with Gasteiger partial charge in [0.15, 0.2) is 0 Å². The third kappa shape index (κ3) is 3.63. The number of hydrogen-bond acceptors (Lipinski definition) is 4. The lowest BCUT2D eigenvalue weighted by Gasteiger charge is -2.17. The summed E-state index contributed by atoms with van der Waals surface area (Å²) in [5.74, 6) is -0.0607. The predicted molar refractivity (Wildman–Crippen MR) is 86.5 cm³/mol. The van der Waals surface area contributed by atoms with Crippen molar-refractivity contribution in [2.45, 2.75) is 13.0 Å². The number of methoxy groups -OCH3 is 2. The number of aryl methyl sites for hydroxylation is 1. The predicted octanol–water partition coefficient (Wildman–Crippen LogP) is 3.15. The molecule has 2 rings (SSSR count). The molecule has 0 saturated heterocycles. The van der Waals surface area contributed by atoms with Crippen LogP contribution in [0, 0.1) is 24.1 Å². The summed E-state index contributed by atoms with van der Waals surface area (Å²) in [6.07, 6.45) is 0. The Morgan fingerprint density at radius 2 is 1.96 bits per heavy atom. The van der Waals surface area contributed by atoms with Gasteiger partial charge in [-0.15, -0.1) is 0 Å². The van der Waals surface area contributed by atoms with Crippen LogP contribution in [0.2, 0.25) is 0 Å². The molecule has 0 spiro atoms. The minimum atomic E-state index is -0.943. The quantitative estimate of drug-likeness (QED) is 0.915. The first kappa shape index (κ1) is 17.3. The van der Waals surface area contributed by atoms with Crippen molar-refractivity contribution in [1.29, 1.82) is 5.26 Å². The van der Waals surface area contributed by atoms with Crippen LogP contribution >= 0.6 is 0 Å². The van der Waals surface area contributed by atoms with Gasteiger partial charge in [-0.1, -0.05) is 6.07 Å². The monoisotopic (exact) mass is 328 g/mol. The first-order valence-electron chi connectivity index (χ1n) is 7.18. The van der Waals surface area contributed by atoms with E-state index in [-0.39, 0.29) is 5.56 Å². The Balaban J connectivity index is 2.31. The zero-order valence-corrected chi connectivity index (χ0v) is 13.6. The topological polar surface area (TPSA) is 71.3 Å². The van der Waals surface area contributed by atoms with E-state index in [1.54, 1.807) is 25.1 Å². The van der Waals surface area contributed by atoms with Crippen LogP contribution in [0.25, 0.3) is 0 Å². The van der Waals surface area contributed by atoms with Gasteiger partial charge in [0.1, 0.15) is 23.4 Å². The minimum Gasteiger partial charge on any atom is -0.497 e. The highest BCUT2D eigenvalue weighted by atomic mass is 19.1. The molecule has 0 aliphatic rings. The van der Waals surface area contributed by atoms with Crippen LogP contribution in [0.5, 0.6) is 11.5 Å². The van der Waals surface area contributed by atoms with Gasteiger partial charge in [-0.25, -0.2) is 4.39 Å². The Bertz CT molecular complexity index is 799. The zero-order chi connectivity index (χ0) is 17.7. The number of rotatable bonds is 5. The minimum absolute atomic E-state index is 0.183. The van der Waals surface area contributed by atoms with Crippen molar-refractivity contribution in [3.8, 4) is 17.6 Å². The van der Waals surface area contributed by atoms with Crippen LogP contribution in [0.15, 0.2) is 36.4 Å². The summed E-state index contributed by atoms with van der Waals surface area (Å²) >= 11 is 0. The number of nitriles is 1. The van der Waals surface area contributed by atoms with Crippen LogP contribution in [0.4, 0.5) is 4.39 Å². The molecule has 1 amide bonds. The van der Waals surface area contributed by atoms with Crippen LogP contribution in [0.1, 0.15) is 27.5 Å². The molecule has 1 atom stereocenters. The van der Waals surface area contributed by atoms with E-state index in [1.807, 2.05) is 6.07 Å². The smallest absolute Gasteiger partial charge is 0.252 e. The molecule has 0 heterocycles. The summed E-state index contributed by atoms with van der Waals surface area (Å²) in [7, 11) is 2.98. The second kappa shape index (κ2) is 7.47. The molecule has 0 saturated carbocycles. The maximum atomic E-state index is 13.4. The van der Waals surface area contributed by atoms with E-state index in [4.69, 9.17) is 9.47 Å². The van der Waals surface area contributed by atoms with Crippen molar-refractivity contribution in [3.05, 3.63) is 58.9 Å². The molecule has 5 nitrogen and oxygen atoms in total. The fourth-order valence-corrected chi connectivity index (χ4v) is 2.28. The number of ether oxygens (including phenoxy) is 2. The van der Waals surface area contributed by atoms with Crippen molar-refractivity contribution in [1.82, 2.24) is 5.32 Å². The molecule has 0 bridgehead atoms. The fourth-order valence-electron chi connectivity index (χ4n) is 2.28. The fraction of sp³-hybridized carbons (Fsp3) is 0.222. The lowest BCUT2D eigenvalue weighted by Crippen LogP contribution is -2.28. The Hall–Kier alpha value is -3.07. The van der Waals surface area contributed by atoms with Gasteiger partial charge < -0.3 is 14.8 Å². The van der Waals surface area contributed by atoms with Crippen LogP contribution in [0.3, 0.4) is 0 Å². The SMILES string of the molecule is COc1ccc([C@@H](C#N)NC(=O)c2cc(F)ccc2C)c(OC)c1. The molecule has 6 heteroatoms. The lowest BCUT2D eigenvalue weighted by atomic mass is 10.0. The van der Waals surface area contributed by atoms with Crippen LogP contribution in [-0.2, 0) is 0 Å². The Kier molecular flexibility index (Phi) is 5.38. The average Bonchev–Trinajstić information content (AvgIpc) is 2.60. The molecular formula is C18H17FN2O3. The standard InChI is InChI=1S/C18H17FN2O3/c1-11-4-5-12(19)8-15(11)18(22)21-16(10-20)14-7-6-13(23-2)9-17(14)24-3/h4-9,16H,1-3H3,(H,21,22)/t16-/m1/s1. The number of amides is 1. The first-order valence-corrected chi connectivity index (χ1v) is 7.18. The summed E-state index contributed by atoms with van der Waals surface area (Å²) in [6, 6.07) is 9.95. The Labute approximate surface area is 139 Å². The summed E-state index contributed by atoms with van der Waals surface area (Å²) in [6.45, 7) is 1.70. The lowest BCUT2D eigenvalue weighted by molar-refractivity contribution is 0.0943. The molecule has 0 unspecified atom stereocenters. The van der Waals surface area contributed by atoms with Crippen molar-refractivity contribution >= 4 is 5.91 Å². The van der Waals surface area contributed by atoms with Crippen molar-refractivity contribution < 1.29 is 18.7 Å². The average molecular weight is 328 g/mol. The number of carbonyl (C=O) groups is 1. The van der Waals surface area contributed by atoms with Crippen molar-refractivity contribution in [3.63, 3.8) is 0 Å². The third-order valence-corrected chi connectivity index (χ3v) is 3.60. The van der Waals surface area contributed by atoms with Gasteiger partial charge in [-0.2, -0.15) is 5.26 Å².